The summed E-state index contributed by atoms with van der Waals surface area (Å²) >= 11 is 1.06. The van der Waals surface area contributed by atoms with Crippen molar-refractivity contribution in [1.29, 1.82) is 0 Å². The Kier molecular flexibility index (Phi) is 6.87. The number of carbonyl (C=O) groups excluding carboxylic acids is 3. The fraction of sp³-hybridized carbons (Fsp3) is 0.250. The lowest BCUT2D eigenvalue weighted by atomic mass is 10.1. The molecule has 35 heavy (non-hydrogen) atoms. The van der Waals surface area contributed by atoms with Gasteiger partial charge in [-0.3, -0.25) is 29.8 Å². The van der Waals surface area contributed by atoms with E-state index in [-0.39, 0.29) is 28.1 Å². The van der Waals surface area contributed by atoms with Gasteiger partial charge in [-0.05, 0) is 12.1 Å². The van der Waals surface area contributed by atoms with E-state index in [1.807, 2.05) is 35.2 Å². The van der Waals surface area contributed by atoms with Crippen molar-refractivity contribution in [2.45, 2.75) is 13.8 Å². The van der Waals surface area contributed by atoms with Crippen molar-refractivity contribution in [1.82, 2.24) is 9.88 Å². The number of hydrogen-bond acceptors (Lipinski definition) is 8. The molecule has 1 aliphatic heterocycles. The molecule has 2 aromatic carbocycles. The summed E-state index contributed by atoms with van der Waals surface area (Å²) in [5.41, 5.74) is 1.53. The molecule has 1 aromatic heterocycles. The maximum absolute atomic E-state index is 12.9. The van der Waals surface area contributed by atoms with E-state index >= 15 is 0 Å². The molecule has 1 N–H and O–H groups in total. The Balaban J connectivity index is 1.57. The molecule has 3 aromatic rings. The second kappa shape index (κ2) is 10.0. The summed E-state index contributed by atoms with van der Waals surface area (Å²) in [5, 5.41) is 14.7. The van der Waals surface area contributed by atoms with Crippen molar-refractivity contribution in [3.63, 3.8) is 0 Å². The van der Waals surface area contributed by atoms with Crippen molar-refractivity contribution in [3.8, 4) is 11.3 Å². The number of benzene rings is 2. The zero-order chi connectivity index (χ0) is 25.1. The van der Waals surface area contributed by atoms with Gasteiger partial charge in [0.1, 0.15) is 5.69 Å². The molecule has 2 heterocycles. The van der Waals surface area contributed by atoms with Gasteiger partial charge in [-0.25, -0.2) is 4.98 Å². The number of piperazine rings is 1. The summed E-state index contributed by atoms with van der Waals surface area (Å²) < 4.78 is 0. The van der Waals surface area contributed by atoms with Gasteiger partial charge in [0.2, 0.25) is 5.91 Å². The van der Waals surface area contributed by atoms with Crippen LogP contribution in [0.2, 0.25) is 0 Å². The van der Waals surface area contributed by atoms with Crippen LogP contribution >= 0.6 is 11.3 Å². The van der Waals surface area contributed by atoms with Gasteiger partial charge in [0.05, 0.1) is 15.5 Å². The highest BCUT2D eigenvalue weighted by Gasteiger charge is 2.26. The molecule has 1 saturated heterocycles. The first-order chi connectivity index (χ1) is 16.7. The maximum atomic E-state index is 12.9. The Bertz CT molecular complexity index is 1300. The summed E-state index contributed by atoms with van der Waals surface area (Å²) in [4.78, 5) is 56.2. The molecule has 0 spiro atoms. The lowest BCUT2D eigenvalue weighted by molar-refractivity contribution is -0.384. The van der Waals surface area contributed by atoms with E-state index in [1.165, 1.54) is 26.0 Å². The number of nitrogens with one attached hydrogen (secondary N) is 1. The van der Waals surface area contributed by atoms with Gasteiger partial charge in [-0.2, -0.15) is 0 Å². The molecule has 0 unspecified atom stereocenters. The zero-order valence-corrected chi connectivity index (χ0v) is 20.0. The normalized spacial score (nSPS) is 13.4. The van der Waals surface area contributed by atoms with Crippen LogP contribution in [0.4, 0.5) is 16.5 Å². The number of nitro benzene ring substituents is 1. The molecule has 2 amide bonds. The van der Waals surface area contributed by atoms with Gasteiger partial charge in [0.25, 0.3) is 11.6 Å². The number of carbonyl (C=O) groups is 3. The van der Waals surface area contributed by atoms with Crippen LogP contribution in [0, 0.1) is 10.1 Å². The fourth-order valence-electron chi connectivity index (χ4n) is 3.91. The number of amides is 2. The van der Waals surface area contributed by atoms with Crippen LogP contribution in [-0.2, 0) is 4.79 Å². The number of rotatable bonds is 6. The summed E-state index contributed by atoms with van der Waals surface area (Å²) in [6, 6.07) is 13.5. The van der Waals surface area contributed by atoms with Crippen LogP contribution in [0.25, 0.3) is 11.3 Å². The highest BCUT2D eigenvalue weighted by Crippen LogP contribution is 2.33. The lowest BCUT2D eigenvalue weighted by Gasteiger charge is -2.35. The average Bonchev–Trinajstić information content (AvgIpc) is 3.28. The third kappa shape index (κ3) is 5.19. The zero-order valence-electron chi connectivity index (χ0n) is 19.2. The van der Waals surface area contributed by atoms with Crippen molar-refractivity contribution < 1.29 is 19.3 Å². The van der Waals surface area contributed by atoms with E-state index < -0.39 is 10.8 Å². The monoisotopic (exact) mass is 493 g/mol. The molecule has 0 saturated carbocycles. The molecular weight excluding hydrogens is 470 g/mol. The Morgan fingerprint density at radius 2 is 1.71 bits per heavy atom. The predicted molar refractivity (Wildman–Crippen MR) is 133 cm³/mol. The van der Waals surface area contributed by atoms with Gasteiger partial charge in [-0.15, -0.1) is 0 Å². The minimum atomic E-state index is -0.565. The molecule has 10 nitrogen and oxygen atoms in total. The Hall–Kier alpha value is -4.12. The lowest BCUT2D eigenvalue weighted by Crippen LogP contribution is -2.48. The fourth-order valence-corrected chi connectivity index (χ4v) is 4.79. The number of hydrogen-bond donors (Lipinski definition) is 1. The highest BCUT2D eigenvalue weighted by atomic mass is 32.1. The van der Waals surface area contributed by atoms with Crippen LogP contribution in [0.3, 0.4) is 0 Å². The number of anilines is 2. The number of aromatic nitrogens is 1. The summed E-state index contributed by atoms with van der Waals surface area (Å²) in [6.45, 7) is 4.80. The minimum Gasteiger partial charge on any atom is -0.362 e. The minimum absolute atomic E-state index is 0.0308. The molecule has 180 valence electrons. The van der Waals surface area contributed by atoms with Crippen molar-refractivity contribution in [2.75, 3.05) is 36.4 Å². The van der Waals surface area contributed by atoms with Gasteiger partial charge in [-0.1, -0.05) is 41.7 Å². The first-order valence-electron chi connectivity index (χ1n) is 10.9. The molecule has 4 rings (SSSR count). The van der Waals surface area contributed by atoms with E-state index in [4.69, 9.17) is 0 Å². The van der Waals surface area contributed by atoms with Crippen molar-refractivity contribution in [2.24, 2.45) is 0 Å². The second-order valence-corrected chi connectivity index (χ2v) is 9.03. The van der Waals surface area contributed by atoms with Crippen LogP contribution in [0.1, 0.15) is 33.9 Å². The first-order valence-corrected chi connectivity index (χ1v) is 11.7. The molecule has 1 aliphatic rings. The highest BCUT2D eigenvalue weighted by molar-refractivity contribution is 7.18. The molecular formula is C24H23N5O5S. The molecule has 0 bridgehead atoms. The van der Waals surface area contributed by atoms with E-state index in [2.05, 4.69) is 10.3 Å². The topological polar surface area (TPSA) is 126 Å². The van der Waals surface area contributed by atoms with Gasteiger partial charge < -0.3 is 9.80 Å². The van der Waals surface area contributed by atoms with Crippen molar-refractivity contribution >= 4 is 45.4 Å². The van der Waals surface area contributed by atoms with Gasteiger partial charge in [0.15, 0.2) is 10.9 Å². The van der Waals surface area contributed by atoms with E-state index in [1.54, 1.807) is 11.0 Å². The number of Topliss-reactive ketones (excluding diaryl/α,β-unsaturated/α-hetero) is 1. The van der Waals surface area contributed by atoms with Crippen LogP contribution in [-0.4, -0.2) is 58.6 Å². The maximum Gasteiger partial charge on any atom is 0.293 e. The first kappa shape index (κ1) is 24.0. The number of nitrogens with zero attached hydrogens (tertiary/aromatic N) is 4. The standard InChI is InChI=1S/C24H23N5O5S/c1-15(30)22-21(17-6-4-3-5-7-17)25-24(35-22)26-23(32)18-8-9-19(20(14-18)29(33)34)28-12-10-27(11-13-28)16(2)31/h3-9,14H,10-13H2,1-2H3,(H,25,26,32). The number of ketones is 1. The average molecular weight is 494 g/mol. The molecule has 11 heteroatoms. The van der Waals surface area contributed by atoms with Crippen LogP contribution in [0.15, 0.2) is 48.5 Å². The van der Waals surface area contributed by atoms with Gasteiger partial charge >= 0.3 is 0 Å². The summed E-state index contributed by atoms with van der Waals surface area (Å²) in [6.07, 6.45) is 0. The van der Waals surface area contributed by atoms with E-state index in [0.717, 1.165) is 16.9 Å². The second-order valence-electron chi connectivity index (χ2n) is 8.03. The Morgan fingerprint density at radius 1 is 1.03 bits per heavy atom. The predicted octanol–water partition coefficient (Wildman–Crippen LogP) is 3.84. The van der Waals surface area contributed by atoms with E-state index in [9.17, 15) is 24.5 Å². The molecule has 1 fully saturated rings. The summed E-state index contributed by atoms with van der Waals surface area (Å²) in [7, 11) is 0. The molecule has 0 radical (unpaired) electrons. The van der Waals surface area contributed by atoms with Crippen LogP contribution < -0.4 is 10.2 Å². The Labute approximate surface area is 205 Å². The smallest absolute Gasteiger partial charge is 0.293 e. The molecule has 0 aliphatic carbocycles. The molecule has 0 atom stereocenters. The SMILES string of the molecule is CC(=O)c1sc(NC(=O)c2ccc(N3CCN(C(C)=O)CC3)c([N+](=O)[O-])c2)nc1-c1ccccc1. The third-order valence-corrected chi connectivity index (χ3v) is 6.79. The third-order valence-electron chi connectivity index (χ3n) is 5.71. The Morgan fingerprint density at radius 3 is 2.31 bits per heavy atom. The largest absolute Gasteiger partial charge is 0.362 e. The van der Waals surface area contributed by atoms with Gasteiger partial charge in [0, 0.05) is 57.2 Å². The quantitative estimate of drug-likeness (QED) is 0.314. The number of thiazole rings is 1. The number of nitro groups is 1. The van der Waals surface area contributed by atoms with Crippen LogP contribution in [0.5, 0.6) is 0 Å². The van der Waals surface area contributed by atoms with Crippen molar-refractivity contribution in [3.05, 3.63) is 69.1 Å². The summed E-state index contributed by atoms with van der Waals surface area (Å²) in [5.74, 6) is -0.770. The van der Waals surface area contributed by atoms with E-state index in [0.29, 0.717) is 42.4 Å².